The van der Waals surface area contributed by atoms with Gasteiger partial charge in [0.1, 0.15) is 11.5 Å². The molecule has 2 amide bonds. The van der Waals surface area contributed by atoms with Crippen LogP contribution in [0.1, 0.15) is 30.1 Å². The van der Waals surface area contributed by atoms with Crippen molar-refractivity contribution in [3.63, 3.8) is 0 Å². The van der Waals surface area contributed by atoms with Gasteiger partial charge in [0.2, 0.25) is 0 Å². The van der Waals surface area contributed by atoms with Crippen molar-refractivity contribution in [1.82, 2.24) is 15.1 Å². The van der Waals surface area contributed by atoms with E-state index in [1.165, 1.54) is 16.8 Å². The number of rotatable bonds is 3. The summed E-state index contributed by atoms with van der Waals surface area (Å²) in [5.74, 6) is -1.30. The Hall–Kier alpha value is -3.22. The Morgan fingerprint density at radius 3 is 2.74 bits per heavy atom. The third-order valence-corrected chi connectivity index (χ3v) is 4.66. The largest absolute Gasteiger partial charge is 0.331 e. The first-order valence-corrected chi connectivity index (χ1v) is 8.76. The fraction of sp³-hybridized carbons (Fsp3) is 0.200. The Labute approximate surface area is 155 Å². The van der Waals surface area contributed by atoms with E-state index in [0.717, 1.165) is 30.2 Å². The zero-order chi connectivity index (χ0) is 18.8. The number of carbonyl (C=O) groups is 1. The number of urea groups is 1. The number of hydrogen-bond donors (Lipinski definition) is 2. The number of benzene rings is 2. The van der Waals surface area contributed by atoms with E-state index in [2.05, 4.69) is 15.7 Å². The van der Waals surface area contributed by atoms with Crippen molar-refractivity contribution in [3.05, 3.63) is 77.6 Å². The SMILES string of the molecule is O=C(Nc1ccccc1)NC1CCCc2c1cnn2-c1ccc(F)cc1F. The first-order chi connectivity index (χ1) is 13.1. The lowest BCUT2D eigenvalue weighted by atomic mass is 9.93. The minimum absolute atomic E-state index is 0.201. The van der Waals surface area contributed by atoms with E-state index in [1.54, 1.807) is 18.3 Å². The molecule has 2 N–H and O–H groups in total. The second-order valence-electron chi connectivity index (χ2n) is 6.46. The summed E-state index contributed by atoms with van der Waals surface area (Å²) in [4.78, 5) is 12.3. The Bertz CT molecular complexity index is 971. The van der Waals surface area contributed by atoms with Gasteiger partial charge in [-0.25, -0.2) is 18.3 Å². The van der Waals surface area contributed by atoms with Gasteiger partial charge in [-0.2, -0.15) is 5.10 Å². The Morgan fingerprint density at radius 1 is 1.15 bits per heavy atom. The molecule has 138 valence electrons. The van der Waals surface area contributed by atoms with Crippen LogP contribution in [0.15, 0.2) is 54.7 Å². The van der Waals surface area contributed by atoms with Crippen LogP contribution in [0, 0.1) is 11.6 Å². The quantitative estimate of drug-likeness (QED) is 0.722. The summed E-state index contributed by atoms with van der Waals surface area (Å²) in [6.45, 7) is 0. The van der Waals surface area contributed by atoms with Gasteiger partial charge >= 0.3 is 6.03 Å². The topological polar surface area (TPSA) is 59.0 Å². The Morgan fingerprint density at radius 2 is 1.96 bits per heavy atom. The standard InChI is InChI=1S/C20H18F2N4O/c21-13-9-10-19(16(22)11-13)26-18-8-4-7-17(15(18)12-23-26)25-20(27)24-14-5-2-1-3-6-14/h1-3,5-6,9-12,17H,4,7-8H2,(H2,24,25,27). The van der Waals surface area contributed by atoms with Crippen molar-refractivity contribution in [2.24, 2.45) is 0 Å². The molecule has 7 heteroatoms. The molecular weight excluding hydrogens is 350 g/mol. The highest BCUT2D eigenvalue weighted by atomic mass is 19.1. The maximum Gasteiger partial charge on any atom is 0.319 e. The molecule has 0 saturated heterocycles. The zero-order valence-corrected chi connectivity index (χ0v) is 14.5. The third-order valence-electron chi connectivity index (χ3n) is 4.66. The summed E-state index contributed by atoms with van der Waals surface area (Å²) in [6.07, 6.45) is 3.96. The van der Waals surface area contributed by atoms with Gasteiger partial charge in [-0.15, -0.1) is 0 Å². The highest BCUT2D eigenvalue weighted by Crippen LogP contribution is 2.31. The highest BCUT2D eigenvalue weighted by Gasteiger charge is 2.26. The van der Waals surface area contributed by atoms with Crippen LogP contribution in [0.4, 0.5) is 19.3 Å². The second-order valence-corrected chi connectivity index (χ2v) is 6.46. The minimum Gasteiger partial charge on any atom is -0.331 e. The maximum atomic E-state index is 14.2. The van der Waals surface area contributed by atoms with Crippen molar-refractivity contribution < 1.29 is 13.6 Å². The molecule has 3 aromatic rings. The molecular formula is C20H18F2N4O. The number of aromatic nitrogens is 2. The lowest BCUT2D eigenvalue weighted by Crippen LogP contribution is -2.34. The molecule has 2 aromatic carbocycles. The van der Waals surface area contributed by atoms with Crippen LogP contribution < -0.4 is 10.6 Å². The molecule has 5 nitrogen and oxygen atoms in total. The molecule has 1 aliphatic carbocycles. The average molecular weight is 368 g/mol. The molecule has 1 heterocycles. The van der Waals surface area contributed by atoms with Gasteiger partial charge in [0, 0.05) is 23.0 Å². The molecule has 1 aromatic heterocycles. The van der Waals surface area contributed by atoms with Crippen molar-refractivity contribution in [1.29, 1.82) is 0 Å². The maximum absolute atomic E-state index is 14.2. The van der Waals surface area contributed by atoms with Crippen LogP contribution in [-0.2, 0) is 6.42 Å². The van der Waals surface area contributed by atoms with E-state index < -0.39 is 11.6 Å². The van der Waals surface area contributed by atoms with Gasteiger partial charge in [-0.1, -0.05) is 18.2 Å². The number of fused-ring (bicyclic) bond motifs is 1. The fourth-order valence-corrected chi connectivity index (χ4v) is 3.41. The summed E-state index contributed by atoms with van der Waals surface area (Å²) < 4.78 is 28.8. The number of para-hydroxylation sites is 1. The van der Waals surface area contributed by atoms with Crippen molar-refractivity contribution >= 4 is 11.7 Å². The number of nitrogens with one attached hydrogen (secondary N) is 2. The number of nitrogens with zero attached hydrogens (tertiary/aromatic N) is 2. The van der Waals surface area contributed by atoms with E-state index in [1.807, 2.05) is 18.2 Å². The number of amides is 2. The lowest BCUT2D eigenvalue weighted by Gasteiger charge is -2.24. The van der Waals surface area contributed by atoms with Gasteiger partial charge in [0.25, 0.3) is 0 Å². The minimum atomic E-state index is -0.669. The lowest BCUT2D eigenvalue weighted by molar-refractivity contribution is 0.247. The van der Waals surface area contributed by atoms with Gasteiger partial charge in [-0.05, 0) is 43.5 Å². The highest BCUT2D eigenvalue weighted by molar-refractivity contribution is 5.89. The van der Waals surface area contributed by atoms with Crippen LogP contribution in [0.25, 0.3) is 5.69 Å². The molecule has 0 radical (unpaired) electrons. The number of carbonyl (C=O) groups excluding carboxylic acids is 1. The van der Waals surface area contributed by atoms with E-state index in [0.29, 0.717) is 12.1 Å². The molecule has 0 fully saturated rings. The molecule has 1 unspecified atom stereocenters. The van der Waals surface area contributed by atoms with Gasteiger partial charge < -0.3 is 10.6 Å². The van der Waals surface area contributed by atoms with Gasteiger partial charge in [0.05, 0.1) is 12.2 Å². The molecule has 1 aliphatic rings. The molecule has 27 heavy (non-hydrogen) atoms. The van der Waals surface area contributed by atoms with Gasteiger partial charge in [-0.3, -0.25) is 0 Å². The molecule has 0 saturated carbocycles. The fourth-order valence-electron chi connectivity index (χ4n) is 3.41. The molecule has 0 aliphatic heterocycles. The number of anilines is 1. The smallest absolute Gasteiger partial charge is 0.319 e. The van der Waals surface area contributed by atoms with E-state index in [4.69, 9.17) is 0 Å². The number of hydrogen-bond acceptors (Lipinski definition) is 2. The summed E-state index contributed by atoms with van der Waals surface area (Å²) in [7, 11) is 0. The Kier molecular flexibility index (Phi) is 4.58. The number of halogens is 2. The summed E-state index contributed by atoms with van der Waals surface area (Å²) in [5, 5.41) is 10.0. The van der Waals surface area contributed by atoms with E-state index >= 15 is 0 Å². The molecule has 0 bridgehead atoms. The molecule has 4 rings (SSSR count). The second kappa shape index (κ2) is 7.19. The monoisotopic (exact) mass is 368 g/mol. The zero-order valence-electron chi connectivity index (χ0n) is 14.5. The van der Waals surface area contributed by atoms with Gasteiger partial charge in [0.15, 0.2) is 5.82 Å². The normalized spacial score (nSPS) is 15.9. The predicted octanol–water partition coefficient (Wildman–Crippen LogP) is 4.35. The van der Waals surface area contributed by atoms with Crippen LogP contribution in [0.2, 0.25) is 0 Å². The molecule has 0 spiro atoms. The summed E-state index contributed by atoms with van der Waals surface area (Å²) in [5.41, 5.74) is 2.59. The van der Waals surface area contributed by atoms with Crippen molar-refractivity contribution in [2.45, 2.75) is 25.3 Å². The van der Waals surface area contributed by atoms with Crippen molar-refractivity contribution in [3.8, 4) is 5.69 Å². The predicted molar refractivity (Wildman–Crippen MR) is 97.8 cm³/mol. The van der Waals surface area contributed by atoms with Crippen molar-refractivity contribution in [2.75, 3.05) is 5.32 Å². The first kappa shape index (κ1) is 17.2. The summed E-state index contributed by atoms with van der Waals surface area (Å²) >= 11 is 0. The first-order valence-electron chi connectivity index (χ1n) is 8.76. The Balaban J connectivity index is 1.56. The average Bonchev–Trinajstić information content (AvgIpc) is 3.07. The van der Waals surface area contributed by atoms with E-state index in [9.17, 15) is 13.6 Å². The molecule has 1 atom stereocenters. The van der Waals surface area contributed by atoms with Crippen LogP contribution in [-0.4, -0.2) is 15.8 Å². The van der Waals surface area contributed by atoms with E-state index in [-0.39, 0.29) is 17.8 Å². The van der Waals surface area contributed by atoms with Crippen LogP contribution in [0.5, 0.6) is 0 Å². The summed E-state index contributed by atoms with van der Waals surface area (Å²) in [6, 6.07) is 12.1. The van der Waals surface area contributed by atoms with Crippen LogP contribution >= 0.6 is 0 Å². The van der Waals surface area contributed by atoms with Crippen LogP contribution in [0.3, 0.4) is 0 Å². The third kappa shape index (κ3) is 3.53.